The SMILES string of the molecule is COc1ccc(Nc2ncc(C(=O)NCc3ccc(C)cc3)cn2)cc1OC. The largest absolute Gasteiger partial charge is 0.493 e. The second-order valence-corrected chi connectivity index (χ2v) is 6.16. The molecule has 0 radical (unpaired) electrons. The zero-order valence-corrected chi connectivity index (χ0v) is 16.0. The summed E-state index contributed by atoms with van der Waals surface area (Å²) in [5, 5.41) is 5.93. The highest BCUT2D eigenvalue weighted by Crippen LogP contribution is 2.30. The van der Waals surface area contributed by atoms with Crippen LogP contribution in [-0.2, 0) is 6.54 Å². The van der Waals surface area contributed by atoms with E-state index in [0.717, 1.165) is 11.3 Å². The number of benzene rings is 2. The van der Waals surface area contributed by atoms with Gasteiger partial charge in [0.15, 0.2) is 11.5 Å². The number of rotatable bonds is 7. The third-order valence-electron chi connectivity index (χ3n) is 4.13. The van der Waals surface area contributed by atoms with Crippen molar-refractivity contribution in [3.63, 3.8) is 0 Å². The molecule has 0 aliphatic rings. The smallest absolute Gasteiger partial charge is 0.254 e. The molecule has 144 valence electrons. The topological polar surface area (TPSA) is 85.4 Å². The zero-order chi connectivity index (χ0) is 19.9. The second-order valence-electron chi connectivity index (χ2n) is 6.16. The first-order valence-electron chi connectivity index (χ1n) is 8.74. The number of anilines is 2. The molecule has 1 amide bonds. The number of amides is 1. The quantitative estimate of drug-likeness (QED) is 0.655. The van der Waals surface area contributed by atoms with Gasteiger partial charge in [-0.05, 0) is 24.6 Å². The van der Waals surface area contributed by atoms with E-state index in [1.807, 2.05) is 37.3 Å². The minimum atomic E-state index is -0.224. The molecule has 28 heavy (non-hydrogen) atoms. The predicted octanol–water partition coefficient (Wildman–Crippen LogP) is 3.48. The standard InChI is InChI=1S/C21H22N4O3/c1-14-4-6-15(7-5-14)11-22-20(26)16-12-23-21(24-13-16)25-17-8-9-18(27-2)19(10-17)28-3/h4-10,12-13H,11H2,1-3H3,(H,22,26)(H,23,24,25). The van der Waals surface area contributed by atoms with Crippen molar-refractivity contribution in [3.05, 3.63) is 71.5 Å². The average Bonchev–Trinajstić information content (AvgIpc) is 2.73. The summed E-state index contributed by atoms with van der Waals surface area (Å²) in [6.07, 6.45) is 2.97. The van der Waals surface area contributed by atoms with Crippen LogP contribution >= 0.6 is 0 Å². The summed E-state index contributed by atoms with van der Waals surface area (Å²) in [6.45, 7) is 2.47. The molecule has 0 unspecified atom stereocenters. The van der Waals surface area contributed by atoms with E-state index in [1.54, 1.807) is 26.4 Å². The monoisotopic (exact) mass is 378 g/mol. The summed E-state index contributed by atoms with van der Waals surface area (Å²) in [4.78, 5) is 20.7. The highest BCUT2D eigenvalue weighted by molar-refractivity contribution is 5.93. The first-order chi connectivity index (χ1) is 13.6. The Morgan fingerprint density at radius 1 is 0.964 bits per heavy atom. The van der Waals surface area contributed by atoms with Gasteiger partial charge in [-0.2, -0.15) is 0 Å². The van der Waals surface area contributed by atoms with Crippen molar-refractivity contribution < 1.29 is 14.3 Å². The highest BCUT2D eigenvalue weighted by atomic mass is 16.5. The van der Waals surface area contributed by atoms with Crippen LogP contribution in [0.1, 0.15) is 21.5 Å². The molecule has 1 heterocycles. The van der Waals surface area contributed by atoms with Crippen LogP contribution in [0, 0.1) is 6.92 Å². The van der Waals surface area contributed by atoms with Gasteiger partial charge in [0.25, 0.3) is 5.91 Å². The lowest BCUT2D eigenvalue weighted by atomic mass is 10.1. The van der Waals surface area contributed by atoms with Gasteiger partial charge in [0.2, 0.25) is 5.95 Å². The molecule has 7 nitrogen and oxygen atoms in total. The van der Waals surface area contributed by atoms with Gasteiger partial charge in [-0.25, -0.2) is 9.97 Å². The number of hydrogen-bond donors (Lipinski definition) is 2. The summed E-state index contributed by atoms with van der Waals surface area (Å²) >= 11 is 0. The number of carbonyl (C=O) groups excluding carboxylic acids is 1. The molecule has 0 saturated heterocycles. The van der Waals surface area contributed by atoms with E-state index >= 15 is 0 Å². The summed E-state index contributed by atoms with van der Waals surface area (Å²) in [5.41, 5.74) is 3.35. The van der Waals surface area contributed by atoms with E-state index in [0.29, 0.717) is 29.6 Å². The molecule has 0 bridgehead atoms. The molecule has 0 aliphatic heterocycles. The van der Waals surface area contributed by atoms with Crippen molar-refractivity contribution >= 4 is 17.5 Å². The predicted molar refractivity (Wildman–Crippen MR) is 107 cm³/mol. The molecule has 3 aromatic rings. The molecule has 0 fully saturated rings. The van der Waals surface area contributed by atoms with Crippen molar-refractivity contribution in [3.8, 4) is 11.5 Å². The average molecular weight is 378 g/mol. The highest BCUT2D eigenvalue weighted by Gasteiger charge is 2.09. The number of hydrogen-bond acceptors (Lipinski definition) is 6. The number of nitrogens with one attached hydrogen (secondary N) is 2. The normalized spacial score (nSPS) is 10.2. The summed E-state index contributed by atoms with van der Waals surface area (Å²) in [6, 6.07) is 13.4. The van der Waals surface area contributed by atoms with Gasteiger partial charge in [0.05, 0.1) is 19.8 Å². The molecule has 0 atom stereocenters. The Morgan fingerprint density at radius 2 is 1.64 bits per heavy atom. The van der Waals surface area contributed by atoms with Crippen molar-refractivity contribution in [2.75, 3.05) is 19.5 Å². The molecular weight excluding hydrogens is 356 g/mol. The molecular formula is C21H22N4O3. The van der Waals surface area contributed by atoms with Crippen molar-refractivity contribution in [2.24, 2.45) is 0 Å². The summed E-state index contributed by atoms with van der Waals surface area (Å²) in [7, 11) is 3.15. The molecule has 2 N–H and O–H groups in total. The fraction of sp³-hybridized carbons (Fsp3) is 0.190. The maximum absolute atomic E-state index is 12.3. The van der Waals surface area contributed by atoms with E-state index in [9.17, 15) is 4.79 Å². The van der Waals surface area contributed by atoms with Crippen LogP contribution in [0.4, 0.5) is 11.6 Å². The number of methoxy groups -OCH3 is 2. The fourth-order valence-corrected chi connectivity index (χ4v) is 2.54. The van der Waals surface area contributed by atoms with Crippen LogP contribution in [0.2, 0.25) is 0 Å². The van der Waals surface area contributed by atoms with Gasteiger partial charge < -0.3 is 20.1 Å². The van der Waals surface area contributed by atoms with Crippen LogP contribution in [-0.4, -0.2) is 30.1 Å². The van der Waals surface area contributed by atoms with E-state index in [4.69, 9.17) is 9.47 Å². The third kappa shape index (κ3) is 4.76. The van der Waals surface area contributed by atoms with Crippen LogP contribution < -0.4 is 20.1 Å². The Bertz CT molecular complexity index is 941. The lowest BCUT2D eigenvalue weighted by molar-refractivity contribution is 0.0950. The van der Waals surface area contributed by atoms with Crippen molar-refractivity contribution in [1.29, 1.82) is 0 Å². The molecule has 1 aromatic heterocycles. The molecule has 0 saturated carbocycles. The minimum absolute atomic E-state index is 0.224. The van der Waals surface area contributed by atoms with Gasteiger partial charge in [-0.3, -0.25) is 4.79 Å². The second kappa shape index (κ2) is 8.85. The van der Waals surface area contributed by atoms with E-state index in [1.165, 1.54) is 18.0 Å². The molecule has 0 aliphatic carbocycles. The molecule has 0 spiro atoms. The first kappa shape index (κ1) is 19.2. The number of aromatic nitrogens is 2. The lowest BCUT2D eigenvalue weighted by Gasteiger charge is -2.10. The number of carbonyl (C=O) groups is 1. The van der Waals surface area contributed by atoms with E-state index in [2.05, 4.69) is 20.6 Å². The van der Waals surface area contributed by atoms with Gasteiger partial charge in [-0.1, -0.05) is 29.8 Å². The Morgan fingerprint density at radius 3 is 2.29 bits per heavy atom. The zero-order valence-electron chi connectivity index (χ0n) is 16.0. The maximum Gasteiger partial charge on any atom is 0.254 e. The number of ether oxygens (including phenoxy) is 2. The van der Waals surface area contributed by atoms with Crippen molar-refractivity contribution in [2.45, 2.75) is 13.5 Å². The van der Waals surface area contributed by atoms with E-state index in [-0.39, 0.29) is 5.91 Å². The number of nitrogens with zero attached hydrogens (tertiary/aromatic N) is 2. The summed E-state index contributed by atoms with van der Waals surface area (Å²) in [5.74, 6) is 1.38. The Kier molecular flexibility index (Phi) is 6.06. The Balaban J connectivity index is 1.61. The Hall–Kier alpha value is -3.61. The lowest BCUT2D eigenvalue weighted by Crippen LogP contribution is -2.23. The van der Waals surface area contributed by atoms with Crippen LogP contribution in [0.5, 0.6) is 11.5 Å². The Labute approximate surface area is 163 Å². The molecule has 3 rings (SSSR count). The fourth-order valence-electron chi connectivity index (χ4n) is 2.54. The van der Waals surface area contributed by atoms with Crippen LogP contribution in [0.15, 0.2) is 54.9 Å². The number of aryl methyl sites for hydroxylation is 1. The van der Waals surface area contributed by atoms with Crippen LogP contribution in [0.3, 0.4) is 0 Å². The van der Waals surface area contributed by atoms with Crippen LogP contribution in [0.25, 0.3) is 0 Å². The summed E-state index contributed by atoms with van der Waals surface area (Å²) < 4.78 is 10.5. The molecule has 2 aromatic carbocycles. The first-order valence-corrected chi connectivity index (χ1v) is 8.74. The van der Waals surface area contributed by atoms with E-state index < -0.39 is 0 Å². The van der Waals surface area contributed by atoms with Gasteiger partial charge in [0.1, 0.15) is 0 Å². The van der Waals surface area contributed by atoms with Gasteiger partial charge in [0, 0.05) is 30.7 Å². The minimum Gasteiger partial charge on any atom is -0.493 e. The molecule has 7 heteroatoms. The van der Waals surface area contributed by atoms with Gasteiger partial charge >= 0.3 is 0 Å². The third-order valence-corrected chi connectivity index (χ3v) is 4.13. The van der Waals surface area contributed by atoms with Crippen molar-refractivity contribution in [1.82, 2.24) is 15.3 Å². The maximum atomic E-state index is 12.3. The van der Waals surface area contributed by atoms with Gasteiger partial charge in [-0.15, -0.1) is 0 Å².